The number of ether oxygens (including phenoxy) is 1. The van der Waals surface area contributed by atoms with Crippen molar-refractivity contribution in [3.8, 4) is 11.6 Å². The van der Waals surface area contributed by atoms with Gasteiger partial charge >= 0.3 is 0 Å². The Hall–Kier alpha value is -1.92. The molecule has 0 aliphatic rings. The number of hydrogen-bond acceptors (Lipinski definition) is 5. The predicted molar refractivity (Wildman–Crippen MR) is 81.3 cm³/mol. The van der Waals surface area contributed by atoms with Crippen molar-refractivity contribution in [2.24, 2.45) is 0 Å². The van der Waals surface area contributed by atoms with Gasteiger partial charge in [-0.3, -0.25) is 0 Å². The Morgan fingerprint density at radius 2 is 2.00 bits per heavy atom. The van der Waals surface area contributed by atoms with E-state index in [0.29, 0.717) is 11.6 Å². The number of pyridine rings is 1. The van der Waals surface area contributed by atoms with Crippen molar-refractivity contribution in [1.82, 2.24) is 10.3 Å². The summed E-state index contributed by atoms with van der Waals surface area (Å²) in [6, 6.07) is 10.2. The Labute approximate surface area is 124 Å². The second kappa shape index (κ2) is 6.24. The molecule has 112 valence electrons. The van der Waals surface area contributed by atoms with E-state index in [-0.39, 0.29) is 10.9 Å². The molecule has 5 nitrogen and oxygen atoms in total. The second-order valence-electron chi connectivity index (χ2n) is 4.76. The molecule has 1 aromatic heterocycles. The number of nitrogens with one attached hydrogen (secondary N) is 1. The third kappa shape index (κ3) is 3.80. The minimum absolute atomic E-state index is 0.0757. The van der Waals surface area contributed by atoms with Gasteiger partial charge < -0.3 is 10.1 Å². The van der Waals surface area contributed by atoms with Crippen LogP contribution in [0.1, 0.15) is 18.5 Å². The molecular formula is C15H18N2O3S. The Bertz CT molecular complexity index is 729. The molecule has 0 saturated heterocycles. The number of rotatable bonds is 5. The van der Waals surface area contributed by atoms with Gasteiger partial charge in [0, 0.05) is 24.1 Å². The predicted octanol–water partition coefficient (Wildman–Crippen LogP) is 2.56. The van der Waals surface area contributed by atoms with Crippen LogP contribution in [-0.4, -0.2) is 26.7 Å². The highest BCUT2D eigenvalue weighted by atomic mass is 32.2. The zero-order valence-corrected chi connectivity index (χ0v) is 13.0. The Morgan fingerprint density at radius 3 is 2.67 bits per heavy atom. The third-order valence-electron chi connectivity index (χ3n) is 3.15. The van der Waals surface area contributed by atoms with E-state index in [0.717, 1.165) is 5.56 Å². The Balaban J connectivity index is 2.35. The van der Waals surface area contributed by atoms with Gasteiger partial charge in [0.25, 0.3) is 0 Å². The Morgan fingerprint density at radius 1 is 1.24 bits per heavy atom. The van der Waals surface area contributed by atoms with Crippen LogP contribution < -0.4 is 10.1 Å². The van der Waals surface area contributed by atoms with Crippen molar-refractivity contribution in [2.75, 3.05) is 13.3 Å². The van der Waals surface area contributed by atoms with Crippen molar-refractivity contribution < 1.29 is 13.2 Å². The van der Waals surface area contributed by atoms with Crippen LogP contribution in [0.2, 0.25) is 0 Å². The fourth-order valence-electron chi connectivity index (χ4n) is 1.85. The average molecular weight is 306 g/mol. The molecule has 0 spiro atoms. The first-order chi connectivity index (χ1) is 9.91. The number of benzene rings is 1. The van der Waals surface area contributed by atoms with Gasteiger partial charge in [-0.1, -0.05) is 12.1 Å². The highest BCUT2D eigenvalue weighted by Gasteiger charge is 2.13. The molecule has 1 atom stereocenters. The lowest BCUT2D eigenvalue weighted by Gasteiger charge is -2.15. The molecule has 0 aliphatic carbocycles. The largest absolute Gasteiger partial charge is 0.439 e. The summed E-state index contributed by atoms with van der Waals surface area (Å²) in [7, 11) is -1.41. The molecule has 0 radical (unpaired) electrons. The van der Waals surface area contributed by atoms with Crippen LogP contribution in [0.25, 0.3) is 0 Å². The first-order valence-corrected chi connectivity index (χ1v) is 8.41. The molecule has 2 rings (SSSR count). The molecule has 0 amide bonds. The quantitative estimate of drug-likeness (QED) is 0.919. The summed E-state index contributed by atoms with van der Waals surface area (Å²) in [5.74, 6) is 0.908. The molecular weight excluding hydrogens is 288 g/mol. The van der Waals surface area contributed by atoms with Gasteiger partial charge in [0.05, 0.1) is 4.90 Å². The van der Waals surface area contributed by atoms with Gasteiger partial charge in [-0.15, -0.1) is 0 Å². The minimum Gasteiger partial charge on any atom is -0.439 e. The zero-order chi connectivity index (χ0) is 15.5. The van der Waals surface area contributed by atoms with Crippen LogP contribution in [0.15, 0.2) is 47.5 Å². The lowest BCUT2D eigenvalue weighted by atomic mass is 10.1. The standard InChI is InChI=1S/C15H18N2O3S/c1-11(16-2)14-8-5-9-17-15(14)20-12-6-4-7-13(10-12)21(3,18)19/h4-11,16H,1-3H3. The maximum Gasteiger partial charge on any atom is 0.223 e. The average Bonchev–Trinajstić information content (AvgIpc) is 2.46. The van der Waals surface area contributed by atoms with E-state index in [9.17, 15) is 8.42 Å². The lowest BCUT2D eigenvalue weighted by molar-refractivity contribution is 0.445. The molecule has 1 N–H and O–H groups in total. The molecule has 1 heterocycles. The maximum absolute atomic E-state index is 11.6. The van der Waals surface area contributed by atoms with Crippen molar-refractivity contribution in [3.63, 3.8) is 0 Å². The van der Waals surface area contributed by atoms with Crippen LogP contribution >= 0.6 is 0 Å². The zero-order valence-electron chi connectivity index (χ0n) is 12.2. The van der Waals surface area contributed by atoms with Crippen LogP contribution in [0.4, 0.5) is 0 Å². The molecule has 0 fully saturated rings. The molecule has 6 heteroatoms. The number of hydrogen-bond donors (Lipinski definition) is 1. The number of sulfone groups is 1. The van der Waals surface area contributed by atoms with Gasteiger partial charge in [-0.05, 0) is 38.2 Å². The fraction of sp³-hybridized carbons (Fsp3) is 0.267. The summed E-state index contributed by atoms with van der Waals surface area (Å²) in [5.41, 5.74) is 0.907. The number of aromatic nitrogens is 1. The highest BCUT2D eigenvalue weighted by molar-refractivity contribution is 7.90. The van der Waals surface area contributed by atoms with Gasteiger partial charge in [0.15, 0.2) is 9.84 Å². The SMILES string of the molecule is CNC(C)c1cccnc1Oc1cccc(S(C)(=O)=O)c1. The van der Waals surface area contributed by atoms with E-state index in [4.69, 9.17) is 4.74 Å². The topological polar surface area (TPSA) is 68.3 Å². The number of nitrogens with zero attached hydrogens (tertiary/aromatic N) is 1. The molecule has 0 bridgehead atoms. The van der Waals surface area contributed by atoms with E-state index in [2.05, 4.69) is 10.3 Å². The summed E-state index contributed by atoms with van der Waals surface area (Å²) in [6.45, 7) is 2.00. The van der Waals surface area contributed by atoms with E-state index in [1.54, 1.807) is 18.3 Å². The molecule has 0 aliphatic heterocycles. The van der Waals surface area contributed by atoms with Gasteiger partial charge in [-0.2, -0.15) is 0 Å². The Kier molecular flexibility index (Phi) is 4.59. The highest BCUT2D eigenvalue weighted by Crippen LogP contribution is 2.28. The van der Waals surface area contributed by atoms with Crippen LogP contribution in [0.5, 0.6) is 11.6 Å². The molecule has 2 aromatic rings. The summed E-state index contributed by atoms with van der Waals surface area (Å²) in [4.78, 5) is 4.44. The first-order valence-electron chi connectivity index (χ1n) is 6.52. The fourth-order valence-corrected chi connectivity index (χ4v) is 2.51. The lowest BCUT2D eigenvalue weighted by Crippen LogP contribution is -2.13. The van der Waals surface area contributed by atoms with Crippen molar-refractivity contribution >= 4 is 9.84 Å². The minimum atomic E-state index is -3.26. The van der Waals surface area contributed by atoms with E-state index >= 15 is 0 Å². The molecule has 1 aromatic carbocycles. The smallest absolute Gasteiger partial charge is 0.223 e. The maximum atomic E-state index is 11.6. The van der Waals surface area contributed by atoms with Crippen molar-refractivity contribution in [2.45, 2.75) is 17.9 Å². The summed E-state index contributed by atoms with van der Waals surface area (Å²) < 4.78 is 28.9. The molecule has 1 unspecified atom stereocenters. The monoisotopic (exact) mass is 306 g/mol. The molecule has 21 heavy (non-hydrogen) atoms. The van der Waals surface area contributed by atoms with Crippen LogP contribution in [0, 0.1) is 0 Å². The van der Waals surface area contributed by atoms with Gasteiger partial charge in [0.2, 0.25) is 5.88 Å². The van der Waals surface area contributed by atoms with E-state index in [1.165, 1.54) is 18.4 Å². The third-order valence-corrected chi connectivity index (χ3v) is 4.26. The van der Waals surface area contributed by atoms with Gasteiger partial charge in [-0.25, -0.2) is 13.4 Å². The first kappa shape index (κ1) is 15.5. The van der Waals surface area contributed by atoms with E-state index < -0.39 is 9.84 Å². The van der Waals surface area contributed by atoms with Gasteiger partial charge in [0.1, 0.15) is 5.75 Å². The van der Waals surface area contributed by atoms with Crippen LogP contribution in [0.3, 0.4) is 0 Å². The summed E-state index contributed by atoms with van der Waals surface area (Å²) in [5, 5.41) is 3.13. The normalized spacial score (nSPS) is 12.9. The van der Waals surface area contributed by atoms with Crippen molar-refractivity contribution in [1.29, 1.82) is 0 Å². The summed E-state index contributed by atoms with van der Waals surface area (Å²) >= 11 is 0. The molecule has 0 saturated carbocycles. The summed E-state index contributed by atoms with van der Waals surface area (Å²) in [6.07, 6.45) is 2.81. The second-order valence-corrected chi connectivity index (χ2v) is 6.77. The van der Waals surface area contributed by atoms with Crippen molar-refractivity contribution in [3.05, 3.63) is 48.2 Å². The van der Waals surface area contributed by atoms with E-state index in [1.807, 2.05) is 26.1 Å². The van der Waals surface area contributed by atoms with Crippen LogP contribution in [-0.2, 0) is 9.84 Å².